The van der Waals surface area contributed by atoms with Gasteiger partial charge in [-0.1, -0.05) is 28.9 Å². The van der Waals surface area contributed by atoms with Crippen LogP contribution in [0.15, 0.2) is 53.2 Å². The molecule has 0 aliphatic heterocycles. The highest BCUT2D eigenvalue weighted by Gasteiger charge is 2.42. The molecule has 2 heterocycles. The van der Waals surface area contributed by atoms with Crippen LogP contribution in [-0.4, -0.2) is 31.9 Å². The second-order valence-corrected chi connectivity index (χ2v) is 7.59. The van der Waals surface area contributed by atoms with Crippen LogP contribution in [0.25, 0.3) is 28.3 Å². The highest BCUT2D eigenvalue weighted by molar-refractivity contribution is 6.33. The Morgan fingerprint density at radius 3 is 2.51 bits per heavy atom. The number of anilines is 1. The van der Waals surface area contributed by atoms with Crippen molar-refractivity contribution in [1.29, 1.82) is 0 Å². The van der Waals surface area contributed by atoms with Crippen molar-refractivity contribution in [2.45, 2.75) is 13.1 Å². The van der Waals surface area contributed by atoms with Crippen LogP contribution in [0.1, 0.15) is 23.0 Å². The van der Waals surface area contributed by atoms with Gasteiger partial charge < -0.3 is 14.9 Å². The zero-order valence-electron chi connectivity index (χ0n) is 17.5. The van der Waals surface area contributed by atoms with E-state index in [0.717, 1.165) is 12.3 Å². The van der Waals surface area contributed by atoms with E-state index in [9.17, 15) is 32.3 Å². The van der Waals surface area contributed by atoms with Crippen LogP contribution < -0.4 is 5.32 Å². The topological polar surface area (TPSA) is 110 Å². The van der Waals surface area contributed by atoms with E-state index in [1.807, 2.05) is 0 Å². The predicted octanol–water partition coefficient (Wildman–Crippen LogP) is 5.66. The first-order valence-electron chi connectivity index (χ1n) is 9.70. The number of aromatic carboxylic acids is 1. The number of alkyl halides is 3. The van der Waals surface area contributed by atoms with Crippen LogP contribution in [0, 0.1) is 5.82 Å². The van der Waals surface area contributed by atoms with Crippen molar-refractivity contribution in [3.63, 3.8) is 0 Å². The molecule has 0 radical (unpaired) electrons. The van der Waals surface area contributed by atoms with Crippen molar-refractivity contribution in [2.24, 2.45) is 0 Å². The van der Waals surface area contributed by atoms with Gasteiger partial charge in [0.1, 0.15) is 17.1 Å². The number of nitrogens with zero attached hydrogens (tertiary/aromatic N) is 3. The van der Waals surface area contributed by atoms with E-state index in [2.05, 4.69) is 15.6 Å². The van der Waals surface area contributed by atoms with Crippen molar-refractivity contribution < 1.29 is 36.8 Å². The number of amides is 1. The lowest BCUT2D eigenvalue weighted by Gasteiger charge is -2.13. The highest BCUT2D eigenvalue weighted by atomic mass is 35.5. The molecule has 4 aromatic rings. The summed E-state index contributed by atoms with van der Waals surface area (Å²) in [5.41, 5.74) is -3.83. The molecular weight excluding hydrogens is 496 g/mol. The zero-order chi connectivity index (χ0) is 25.5. The number of hydrogen-bond donors (Lipinski definition) is 2. The average molecular weight is 509 g/mol. The van der Waals surface area contributed by atoms with Crippen LogP contribution in [0.4, 0.5) is 23.2 Å². The van der Waals surface area contributed by atoms with Gasteiger partial charge in [0.2, 0.25) is 5.91 Å². The summed E-state index contributed by atoms with van der Waals surface area (Å²) in [5.74, 6) is -3.89. The second kappa shape index (κ2) is 8.87. The smallest absolute Gasteiger partial charge is 0.434 e. The Labute approximate surface area is 198 Å². The molecule has 0 saturated heterocycles. The van der Waals surface area contributed by atoms with Crippen molar-refractivity contribution in [1.82, 2.24) is 14.9 Å². The molecule has 4 rings (SSSR count). The van der Waals surface area contributed by atoms with Crippen LogP contribution in [-0.2, 0) is 11.0 Å². The normalized spacial score (nSPS) is 11.5. The predicted molar refractivity (Wildman–Crippen MR) is 116 cm³/mol. The maximum Gasteiger partial charge on any atom is 0.434 e. The first-order chi connectivity index (χ1) is 16.5. The number of rotatable bonds is 5. The summed E-state index contributed by atoms with van der Waals surface area (Å²) in [6.45, 7) is 1.23. The summed E-state index contributed by atoms with van der Waals surface area (Å²) in [6, 6.07) is 8.94. The minimum atomic E-state index is -5.03. The number of hydrogen-bond acceptors (Lipinski definition) is 5. The molecule has 0 saturated carbocycles. The molecule has 180 valence electrons. The number of carboxylic acid groups (broad SMARTS) is 1. The summed E-state index contributed by atoms with van der Waals surface area (Å²) in [5, 5.41) is 19.3. The molecule has 0 unspecified atom stereocenters. The highest BCUT2D eigenvalue weighted by Crippen LogP contribution is 2.43. The molecule has 13 heteroatoms. The maximum atomic E-state index is 14.4. The van der Waals surface area contributed by atoms with Crippen LogP contribution >= 0.6 is 11.6 Å². The number of carboxylic acids is 1. The lowest BCUT2D eigenvalue weighted by atomic mass is 10.0. The van der Waals surface area contributed by atoms with Gasteiger partial charge in [-0.15, -0.1) is 0 Å². The van der Waals surface area contributed by atoms with E-state index < -0.39 is 57.7 Å². The summed E-state index contributed by atoms with van der Waals surface area (Å²) < 4.78 is 62.5. The Morgan fingerprint density at radius 1 is 1.17 bits per heavy atom. The lowest BCUT2D eigenvalue weighted by Crippen LogP contribution is -2.15. The summed E-state index contributed by atoms with van der Waals surface area (Å²) in [6.07, 6.45) is -4.28. The summed E-state index contributed by atoms with van der Waals surface area (Å²) in [4.78, 5) is 23.4. The van der Waals surface area contributed by atoms with Crippen LogP contribution in [0.3, 0.4) is 0 Å². The monoisotopic (exact) mass is 508 g/mol. The van der Waals surface area contributed by atoms with Gasteiger partial charge >= 0.3 is 12.1 Å². The van der Waals surface area contributed by atoms with Gasteiger partial charge in [-0.05, 0) is 30.3 Å². The molecule has 2 aromatic heterocycles. The van der Waals surface area contributed by atoms with E-state index in [4.69, 9.17) is 16.1 Å². The number of aromatic nitrogens is 3. The number of carbonyl (C=O) groups excluding carboxylic acids is 1. The average Bonchev–Trinajstić information content (AvgIpc) is 3.38. The molecule has 0 aliphatic rings. The molecule has 2 N–H and O–H groups in total. The largest absolute Gasteiger partial charge is 0.477 e. The third-order valence-electron chi connectivity index (χ3n) is 4.80. The Morgan fingerprint density at radius 2 is 1.89 bits per heavy atom. The standard InChI is InChI=1S/C22H13ClF4N4O4/c1-10(32)29-11-4-2-5-12(8-11)31-20(22(25,26)27)13(9-28-31)19-17(21(33)34)18(30-35-19)16-14(23)6-3-7-15(16)24/h2-9H,1H3,(H,29,32)(H,33,34). The quantitative estimate of drug-likeness (QED) is 0.336. The molecule has 0 spiro atoms. The third-order valence-corrected chi connectivity index (χ3v) is 5.11. The minimum absolute atomic E-state index is 0.0800. The number of benzene rings is 2. The van der Waals surface area contributed by atoms with Crippen LogP contribution in [0.2, 0.25) is 5.02 Å². The van der Waals surface area contributed by atoms with Crippen molar-refractivity contribution in [2.75, 3.05) is 5.32 Å². The first kappa shape index (κ1) is 24.0. The SMILES string of the molecule is CC(=O)Nc1cccc(-n2ncc(-c3onc(-c4c(F)cccc4Cl)c3C(=O)O)c2C(F)(F)F)c1. The van der Waals surface area contributed by atoms with Gasteiger partial charge in [0.05, 0.1) is 28.0 Å². The minimum Gasteiger partial charge on any atom is -0.477 e. The van der Waals surface area contributed by atoms with Gasteiger partial charge in [-0.2, -0.15) is 18.3 Å². The third kappa shape index (κ3) is 4.47. The molecule has 35 heavy (non-hydrogen) atoms. The van der Waals surface area contributed by atoms with E-state index in [0.29, 0.717) is 4.68 Å². The maximum absolute atomic E-state index is 14.4. The van der Waals surface area contributed by atoms with Crippen molar-refractivity contribution >= 4 is 29.2 Å². The van der Waals surface area contributed by atoms with Gasteiger partial charge in [0.25, 0.3) is 0 Å². The molecule has 8 nitrogen and oxygen atoms in total. The first-order valence-corrected chi connectivity index (χ1v) is 10.1. The van der Waals surface area contributed by atoms with Gasteiger partial charge in [0.15, 0.2) is 11.5 Å². The van der Waals surface area contributed by atoms with Crippen LogP contribution in [0.5, 0.6) is 0 Å². The molecule has 1 amide bonds. The zero-order valence-corrected chi connectivity index (χ0v) is 18.3. The van der Waals surface area contributed by atoms with E-state index >= 15 is 0 Å². The van der Waals surface area contributed by atoms with Gasteiger partial charge in [0, 0.05) is 12.6 Å². The number of carbonyl (C=O) groups is 2. The lowest BCUT2D eigenvalue weighted by molar-refractivity contribution is -0.142. The molecular formula is C22H13ClF4N4O4. The molecule has 0 fully saturated rings. The van der Waals surface area contributed by atoms with Crippen molar-refractivity contribution in [3.05, 3.63) is 70.8 Å². The number of nitrogens with one attached hydrogen (secondary N) is 1. The Bertz CT molecular complexity index is 1440. The molecule has 0 aliphatic carbocycles. The van der Waals surface area contributed by atoms with E-state index in [1.54, 1.807) is 0 Å². The molecule has 0 bridgehead atoms. The fourth-order valence-corrected chi connectivity index (χ4v) is 3.72. The van der Waals surface area contributed by atoms with Gasteiger partial charge in [-0.3, -0.25) is 4.79 Å². The summed E-state index contributed by atoms with van der Waals surface area (Å²) in [7, 11) is 0. The summed E-state index contributed by atoms with van der Waals surface area (Å²) >= 11 is 5.99. The molecule has 2 aromatic carbocycles. The van der Waals surface area contributed by atoms with E-state index in [-0.39, 0.29) is 16.4 Å². The molecule has 0 atom stereocenters. The Hall–Kier alpha value is -4.19. The number of halogens is 5. The fraction of sp³-hybridized carbons (Fsp3) is 0.0909. The van der Waals surface area contributed by atoms with E-state index in [1.165, 1.54) is 43.3 Å². The fourth-order valence-electron chi connectivity index (χ4n) is 3.47. The van der Waals surface area contributed by atoms with Crippen molar-refractivity contribution in [3.8, 4) is 28.3 Å². The van der Waals surface area contributed by atoms with Gasteiger partial charge in [-0.25, -0.2) is 13.9 Å². The Balaban J connectivity index is 1.95. The Kier molecular flexibility index (Phi) is 6.07. The second-order valence-electron chi connectivity index (χ2n) is 7.19.